The maximum atomic E-state index is 5.52. The second kappa shape index (κ2) is 5.40. The topological polar surface area (TPSA) is 51.0 Å². The van der Waals surface area contributed by atoms with Crippen molar-refractivity contribution < 1.29 is 4.42 Å². The van der Waals surface area contributed by atoms with Crippen LogP contribution >= 0.6 is 22.6 Å². The molecule has 2 rings (SSSR count). The molecule has 1 aromatic heterocycles. The number of halogens is 1. The Bertz CT molecular complexity index is 453. The lowest BCUT2D eigenvalue weighted by atomic mass is 10.2. The Morgan fingerprint density at radius 1 is 1.25 bits per heavy atom. The van der Waals surface area contributed by atoms with Crippen LogP contribution in [0.5, 0.6) is 0 Å². The van der Waals surface area contributed by atoms with Gasteiger partial charge in [-0.05, 0) is 53.4 Å². The van der Waals surface area contributed by atoms with Gasteiger partial charge in [-0.15, -0.1) is 10.2 Å². The van der Waals surface area contributed by atoms with Crippen molar-refractivity contribution in [2.45, 2.75) is 13.5 Å². The van der Waals surface area contributed by atoms with Gasteiger partial charge in [-0.1, -0.05) is 6.92 Å². The van der Waals surface area contributed by atoms with Crippen molar-refractivity contribution in [3.8, 4) is 11.5 Å². The lowest BCUT2D eigenvalue weighted by Crippen LogP contribution is -2.11. The quantitative estimate of drug-likeness (QED) is 0.876. The van der Waals surface area contributed by atoms with Gasteiger partial charge in [0.25, 0.3) is 0 Å². The monoisotopic (exact) mass is 329 g/mol. The third-order valence-electron chi connectivity index (χ3n) is 2.08. The largest absolute Gasteiger partial charge is 0.419 e. The molecule has 16 heavy (non-hydrogen) atoms. The van der Waals surface area contributed by atoms with E-state index in [0.717, 1.165) is 12.1 Å². The van der Waals surface area contributed by atoms with E-state index < -0.39 is 0 Å². The van der Waals surface area contributed by atoms with Crippen LogP contribution in [-0.2, 0) is 6.54 Å². The average molecular weight is 329 g/mol. The van der Waals surface area contributed by atoms with E-state index in [4.69, 9.17) is 4.42 Å². The summed E-state index contributed by atoms with van der Waals surface area (Å²) in [5.41, 5.74) is 0.954. The van der Waals surface area contributed by atoms with Crippen LogP contribution in [0.25, 0.3) is 11.5 Å². The van der Waals surface area contributed by atoms with Crippen LogP contribution in [0.3, 0.4) is 0 Å². The molecule has 2 aromatic rings. The molecule has 1 N–H and O–H groups in total. The number of nitrogens with zero attached hydrogens (tertiary/aromatic N) is 2. The van der Waals surface area contributed by atoms with E-state index in [9.17, 15) is 0 Å². The lowest BCUT2D eigenvalue weighted by molar-refractivity contribution is 0.482. The maximum Gasteiger partial charge on any atom is 0.247 e. The first-order valence-electron chi connectivity index (χ1n) is 5.08. The molecule has 0 unspecified atom stereocenters. The maximum absolute atomic E-state index is 5.52. The summed E-state index contributed by atoms with van der Waals surface area (Å²) in [5, 5.41) is 11.1. The lowest BCUT2D eigenvalue weighted by Gasteiger charge is -1.95. The standard InChI is InChI=1S/C11H12IN3O/c1-2-13-7-10-14-15-11(16-10)8-3-5-9(12)6-4-8/h3-6,13H,2,7H2,1H3. The van der Waals surface area contributed by atoms with Crippen molar-refractivity contribution in [1.29, 1.82) is 0 Å². The third kappa shape index (κ3) is 2.79. The summed E-state index contributed by atoms with van der Waals surface area (Å²) in [7, 11) is 0. The molecule has 0 atom stereocenters. The van der Waals surface area contributed by atoms with E-state index in [1.807, 2.05) is 31.2 Å². The van der Waals surface area contributed by atoms with Crippen LogP contribution in [0.15, 0.2) is 28.7 Å². The normalized spacial score (nSPS) is 10.6. The van der Waals surface area contributed by atoms with Crippen LogP contribution in [-0.4, -0.2) is 16.7 Å². The number of nitrogens with one attached hydrogen (secondary N) is 1. The minimum atomic E-state index is 0.573. The molecule has 0 spiro atoms. The Labute approximate surface area is 108 Å². The molecule has 4 nitrogen and oxygen atoms in total. The number of hydrogen-bond donors (Lipinski definition) is 1. The van der Waals surface area contributed by atoms with E-state index in [0.29, 0.717) is 18.3 Å². The van der Waals surface area contributed by atoms with Gasteiger partial charge in [-0.3, -0.25) is 0 Å². The molecule has 84 valence electrons. The molecular weight excluding hydrogens is 317 g/mol. The minimum Gasteiger partial charge on any atom is -0.419 e. The molecule has 0 aliphatic carbocycles. The molecule has 0 bridgehead atoms. The first kappa shape index (κ1) is 11.5. The van der Waals surface area contributed by atoms with E-state index >= 15 is 0 Å². The van der Waals surface area contributed by atoms with Crippen LogP contribution in [0.4, 0.5) is 0 Å². The van der Waals surface area contributed by atoms with Crippen molar-refractivity contribution >= 4 is 22.6 Å². The first-order valence-corrected chi connectivity index (χ1v) is 6.16. The predicted octanol–water partition coefficient (Wildman–Crippen LogP) is 2.45. The van der Waals surface area contributed by atoms with Gasteiger partial charge >= 0.3 is 0 Å². The van der Waals surface area contributed by atoms with E-state index in [2.05, 4.69) is 38.1 Å². The van der Waals surface area contributed by atoms with Gasteiger partial charge in [-0.2, -0.15) is 0 Å². The fourth-order valence-corrected chi connectivity index (χ4v) is 1.63. The smallest absolute Gasteiger partial charge is 0.247 e. The Balaban J connectivity index is 2.15. The van der Waals surface area contributed by atoms with Crippen molar-refractivity contribution in [2.75, 3.05) is 6.54 Å². The Hall–Kier alpha value is -0.950. The molecule has 0 amide bonds. The minimum absolute atomic E-state index is 0.573. The average Bonchev–Trinajstić information content (AvgIpc) is 2.76. The summed E-state index contributed by atoms with van der Waals surface area (Å²) in [6, 6.07) is 7.99. The van der Waals surface area contributed by atoms with E-state index in [-0.39, 0.29) is 0 Å². The van der Waals surface area contributed by atoms with E-state index in [1.165, 1.54) is 3.57 Å². The zero-order valence-electron chi connectivity index (χ0n) is 8.90. The predicted molar refractivity (Wildman–Crippen MR) is 69.8 cm³/mol. The number of aromatic nitrogens is 2. The molecule has 0 aliphatic rings. The van der Waals surface area contributed by atoms with Crippen molar-refractivity contribution in [3.63, 3.8) is 0 Å². The molecule has 5 heteroatoms. The highest BCUT2D eigenvalue weighted by molar-refractivity contribution is 14.1. The highest BCUT2D eigenvalue weighted by Gasteiger charge is 2.07. The van der Waals surface area contributed by atoms with Crippen LogP contribution in [0.1, 0.15) is 12.8 Å². The molecule has 0 radical (unpaired) electrons. The van der Waals surface area contributed by atoms with E-state index in [1.54, 1.807) is 0 Å². The van der Waals surface area contributed by atoms with Gasteiger partial charge < -0.3 is 9.73 Å². The first-order chi connectivity index (χ1) is 7.79. The van der Waals surface area contributed by atoms with Crippen LogP contribution < -0.4 is 5.32 Å². The molecule has 1 aromatic carbocycles. The zero-order chi connectivity index (χ0) is 11.4. The van der Waals surface area contributed by atoms with Crippen molar-refractivity contribution in [1.82, 2.24) is 15.5 Å². The number of rotatable bonds is 4. The fourth-order valence-electron chi connectivity index (χ4n) is 1.27. The van der Waals surface area contributed by atoms with Crippen LogP contribution in [0, 0.1) is 3.57 Å². The Morgan fingerprint density at radius 2 is 2.00 bits per heavy atom. The van der Waals surface area contributed by atoms with Gasteiger partial charge in [0.1, 0.15) is 0 Å². The molecule has 0 saturated carbocycles. The molecule has 0 fully saturated rings. The molecular formula is C11H12IN3O. The SMILES string of the molecule is CCNCc1nnc(-c2ccc(I)cc2)o1. The Morgan fingerprint density at radius 3 is 2.69 bits per heavy atom. The number of hydrogen-bond acceptors (Lipinski definition) is 4. The van der Waals surface area contributed by atoms with Crippen LogP contribution in [0.2, 0.25) is 0 Å². The summed E-state index contributed by atoms with van der Waals surface area (Å²) in [6.07, 6.45) is 0. The summed E-state index contributed by atoms with van der Waals surface area (Å²) in [5.74, 6) is 1.19. The summed E-state index contributed by atoms with van der Waals surface area (Å²) < 4.78 is 6.71. The van der Waals surface area contributed by atoms with Crippen molar-refractivity contribution in [2.24, 2.45) is 0 Å². The summed E-state index contributed by atoms with van der Waals surface area (Å²) in [4.78, 5) is 0. The van der Waals surface area contributed by atoms with Gasteiger partial charge in [0.2, 0.25) is 11.8 Å². The highest BCUT2D eigenvalue weighted by atomic mass is 127. The highest BCUT2D eigenvalue weighted by Crippen LogP contribution is 2.18. The zero-order valence-corrected chi connectivity index (χ0v) is 11.1. The third-order valence-corrected chi connectivity index (χ3v) is 2.80. The summed E-state index contributed by atoms with van der Waals surface area (Å²) in [6.45, 7) is 3.55. The Kier molecular flexibility index (Phi) is 3.89. The second-order valence-electron chi connectivity index (χ2n) is 3.29. The second-order valence-corrected chi connectivity index (χ2v) is 4.53. The van der Waals surface area contributed by atoms with Gasteiger partial charge in [-0.25, -0.2) is 0 Å². The van der Waals surface area contributed by atoms with Gasteiger partial charge in [0.05, 0.1) is 6.54 Å². The van der Waals surface area contributed by atoms with Gasteiger partial charge in [0.15, 0.2) is 0 Å². The summed E-state index contributed by atoms with van der Waals surface area (Å²) >= 11 is 2.26. The fraction of sp³-hybridized carbons (Fsp3) is 0.273. The molecule has 0 aliphatic heterocycles. The van der Waals surface area contributed by atoms with Crippen molar-refractivity contribution in [3.05, 3.63) is 33.7 Å². The van der Waals surface area contributed by atoms with Gasteiger partial charge in [0, 0.05) is 9.13 Å². The molecule has 1 heterocycles. The number of benzene rings is 1. The molecule has 0 saturated heterocycles.